The second kappa shape index (κ2) is 6.02. The normalized spacial score (nSPS) is 19.6. The molecule has 1 N–H and O–H groups in total. The Morgan fingerprint density at radius 2 is 2.39 bits per heavy atom. The Bertz CT molecular complexity index is 403. The van der Waals surface area contributed by atoms with Crippen LogP contribution in [0.25, 0.3) is 0 Å². The summed E-state index contributed by atoms with van der Waals surface area (Å²) in [5.41, 5.74) is 1.28. The zero-order chi connectivity index (χ0) is 13.0. The van der Waals surface area contributed by atoms with Gasteiger partial charge in [0.15, 0.2) is 0 Å². The Morgan fingerprint density at radius 3 is 3.17 bits per heavy atom. The number of fused-ring (bicyclic) bond motifs is 1. The molecule has 2 heterocycles. The first-order valence-electron chi connectivity index (χ1n) is 6.37. The van der Waals surface area contributed by atoms with Crippen molar-refractivity contribution in [2.75, 3.05) is 33.4 Å². The highest BCUT2D eigenvalue weighted by Crippen LogP contribution is 2.24. The zero-order valence-corrected chi connectivity index (χ0v) is 11.1. The average Bonchev–Trinajstić information content (AvgIpc) is 2.82. The minimum absolute atomic E-state index is 0.0684. The van der Waals surface area contributed by atoms with Gasteiger partial charge in [0, 0.05) is 44.7 Å². The summed E-state index contributed by atoms with van der Waals surface area (Å²) in [6, 6.07) is 4.48. The van der Waals surface area contributed by atoms with Crippen LogP contribution >= 0.6 is 0 Å². The van der Waals surface area contributed by atoms with Crippen LogP contribution in [-0.2, 0) is 16.1 Å². The predicted octanol–water partition coefficient (Wildman–Crippen LogP) is 0.627. The van der Waals surface area contributed by atoms with Gasteiger partial charge in [-0.25, -0.2) is 0 Å². The molecule has 0 spiro atoms. The summed E-state index contributed by atoms with van der Waals surface area (Å²) in [5, 5.41) is 2.86. The zero-order valence-electron chi connectivity index (χ0n) is 11.1. The van der Waals surface area contributed by atoms with Crippen LogP contribution in [0.3, 0.4) is 0 Å². The molecule has 18 heavy (non-hydrogen) atoms. The van der Waals surface area contributed by atoms with E-state index in [1.807, 2.05) is 0 Å². The molecule has 1 aromatic rings. The highest BCUT2D eigenvalue weighted by molar-refractivity contribution is 5.78. The third kappa shape index (κ3) is 2.91. The van der Waals surface area contributed by atoms with E-state index in [0.29, 0.717) is 25.7 Å². The maximum absolute atomic E-state index is 11.8. The Morgan fingerprint density at radius 1 is 1.56 bits per heavy atom. The first-order valence-corrected chi connectivity index (χ1v) is 6.37. The van der Waals surface area contributed by atoms with Crippen molar-refractivity contribution in [3.63, 3.8) is 0 Å². The van der Waals surface area contributed by atoms with Crippen LogP contribution in [0, 0.1) is 0 Å². The summed E-state index contributed by atoms with van der Waals surface area (Å²) >= 11 is 0. The molecule has 0 fully saturated rings. The first kappa shape index (κ1) is 13.1. The topological polar surface area (TPSA) is 46.5 Å². The fourth-order valence-corrected chi connectivity index (χ4v) is 2.38. The molecule has 0 saturated carbocycles. The van der Waals surface area contributed by atoms with Gasteiger partial charge in [-0.3, -0.25) is 9.69 Å². The van der Waals surface area contributed by atoms with E-state index >= 15 is 0 Å². The second-order valence-corrected chi connectivity index (χ2v) is 4.62. The van der Waals surface area contributed by atoms with Gasteiger partial charge in [-0.05, 0) is 19.1 Å². The molecule has 5 heteroatoms. The first-order chi connectivity index (χ1) is 8.72. The minimum atomic E-state index is 0.0684. The molecule has 2 rings (SSSR count). The van der Waals surface area contributed by atoms with Gasteiger partial charge in [-0.15, -0.1) is 0 Å². The predicted molar refractivity (Wildman–Crippen MR) is 69.3 cm³/mol. The quantitative estimate of drug-likeness (QED) is 0.781. The van der Waals surface area contributed by atoms with Crippen molar-refractivity contribution in [2.45, 2.75) is 19.5 Å². The van der Waals surface area contributed by atoms with Crippen LogP contribution in [0.5, 0.6) is 0 Å². The molecule has 0 bridgehead atoms. The summed E-state index contributed by atoms with van der Waals surface area (Å²) in [7, 11) is 1.63. The SMILES string of the molecule is COCCNC(=O)CN1CCn2cccc2[C@H]1C. The molecular weight excluding hydrogens is 230 g/mol. The highest BCUT2D eigenvalue weighted by atomic mass is 16.5. The lowest BCUT2D eigenvalue weighted by atomic mass is 10.1. The van der Waals surface area contributed by atoms with Gasteiger partial charge in [0.25, 0.3) is 0 Å². The van der Waals surface area contributed by atoms with Gasteiger partial charge < -0.3 is 14.6 Å². The van der Waals surface area contributed by atoms with Crippen LogP contribution in [0.1, 0.15) is 18.7 Å². The van der Waals surface area contributed by atoms with Crippen LogP contribution in [-0.4, -0.2) is 48.7 Å². The summed E-state index contributed by atoms with van der Waals surface area (Å²) in [6.07, 6.45) is 2.10. The molecule has 0 unspecified atom stereocenters. The van der Waals surface area contributed by atoms with E-state index in [4.69, 9.17) is 4.74 Å². The van der Waals surface area contributed by atoms with Crippen molar-refractivity contribution in [2.24, 2.45) is 0 Å². The number of carbonyl (C=O) groups excluding carboxylic acids is 1. The van der Waals surface area contributed by atoms with Crippen LogP contribution in [0.4, 0.5) is 0 Å². The number of nitrogens with one attached hydrogen (secondary N) is 1. The lowest BCUT2D eigenvalue weighted by Gasteiger charge is -2.34. The van der Waals surface area contributed by atoms with Gasteiger partial charge in [0.2, 0.25) is 5.91 Å². The Labute approximate surface area is 108 Å². The Kier molecular flexibility index (Phi) is 4.38. The van der Waals surface area contributed by atoms with E-state index in [1.165, 1.54) is 5.69 Å². The molecule has 1 aromatic heterocycles. The average molecular weight is 251 g/mol. The maximum Gasteiger partial charge on any atom is 0.234 e. The van der Waals surface area contributed by atoms with E-state index < -0.39 is 0 Å². The van der Waals surface area contributed by atoms with Gasteiger partial charge in [-0.2, -0.15) is 0 Å². The molecular formula is C13H21N3O2. The van der Waals surface area contributed by atoms with Gasteiger partial charge in [0.05, 0.1) is 13.2 Å². The van der Waals surface area contributed by atoms with Crippen molar-refractivity contribution in [1.82, 2.24) is 14.8 Å². The van der Waals surface area contributed by atoms with Crippen molar-refractivity contribution in [1.29, 1.82) is 0 Å². The molecule has 1 aliphatic rings. The maximum atomic E-state index is 11.8. The lowest BCUT2D eigenvalue weighted by molar-refractivity contribution is -0.123. The van der Waals surface area contributed by atoms with Crippen molar-refractivity contribution >= 4 is 5.91 Å². The van der Waals surface area contributed by atoms with Crippen molar-refractivity contribution in [3.05, 3.63) is 24.0 Å². The summed E-state index contributed by atoms with van der Waals surface area (Å²) in [6.45, 7) is 5.61. The molecule has 100 valence electrons. The molecule has 0 saturated heterocycles. The fraction of sp³-hybridized carbons (Fsp3) is 0.615. The van der Waals surface area contributed by atoms with Crippen LogP contribution < -0.4 is 5.32 Å². The number of ether oxygens (including phenoxy) is 1. The molecule has 0 aliphatic carbocycles. The van der Waals surface area contributed by atoms with E-state index in [2.05, 4.69) is 40.0 Å². The van der Waals surface area contributed by atoms with Crippen molar-refractivity contribution < 1.29 is 9.53 Å². The molecule has 1 atom stereocenters. The number of rotatable bonds is 5. The number of amides is 1. The minimum Gasteiger partial charge on any atom is -0.383 e. The standard InChI is InChI=1S/C13H21N3O2/c1-11-12-4-3-6-15(12)7-8-16(11)10-13(17)14-5-9-18-2/h3-4,6,11H,5,7-10H2,1-2H3,(H,14,17)/t11-/m1/s1. The van der Waals surface area contributed by atoms with Gasteiger partial charge >= 0.3 is 0 Å². The highest BCUT2D eigenvalue weighted by Gasteiger charge is 2.24. The number of aromatic nitrogens is 1. The second-order valence-electron chi connectivity index (χ2n) is 4.62. The summed E-state index contributed by atoms with van der Waals surface area (Å²) < 4.78 is 7.16. The molecule has 5 nitrogen and oxygen atoms in total. The Hall–Kier alpha value is -1.33. The van der Waals surface area contributed by atoms with Gasteiger partial charge in [0.1, 0.15) is 0 Å². The van der Waals surface area contributed by atoms with E-state index in [-0.39, 0.29) is 5.91 Å². The lowest BCUT2D eigenvalue weighted by Crippen LogP contribution is -2.43. The van der Waals surface area contributed by atoms with E-state index in [9.17, 15) is 4.79 Å². The number of carbonyl (C=O) groups is 1. The van der Waals surface area contributed by atoms with Crippen LogP contribution in [0.15, 0.2) is 18.3 Å². The number of nitrogens with zero attached hydrogens (tertiary/aromatic N) is 2. The summed E-state index contributed by atoms with van der Waals surface area (Å²) in [5.74, 6) is 0.0684. The van der Waals surface area contributed by atoms with Crippen molar-refractivity contribution in [3.8, 4) is 0 Å². The molecule has 1 amide bonds. The monoisotopic (exact) mass is 251 g/mol. The van der Waals surface area contributed by atoms with E-state index in [0.717, 1.165) is 13.1 Å². The molecule has 0 radical (unpaired) electrons. The third-order valence-corrected chi connectivity index (χ3v) is 3.44. The number of methoxy groups -OCH3 is 1. The smallest absolute Gasteiger partial charge is 0.234 e. The summed E-state index contributed by atoms with van der Waals surface area (Å²) in [4.78, 5) is 14.0. The fourth-order valence-electron chi connectivity index (χ4n) is 2.38. The number of hydrogen-bond donors (Lipinski definition) is 1. The van der Waals surface area contributed by atoms with Crippen LogP contribution in [0.2, 0.25) is 0 Å². The third-order valence-electron chi connectivity index (χ3n) is 3.44. The Balaban J connectivity index is 1.86. The van der Waals surface area contributed by atoms with Gasteiger partial charge in [-0.1, -0.05) is 0 Å². The molecule has 0 aromatic carbocycles. The number of hydrogen-bond acceptors (Lipinski definition) is 3. The largest absolute Gasteiger partial charge is 0.383 e. The van der Waals surface area contributed by atoms with E-state index in [1.54, 1.807) is 7.11 Å². The molecule has 1 aliphatic heterocycles.